The van der Waals surface area contributed by atoms with Gasteiger partial charge in [-0.3, -0.25) is 0 Å². The van der Waals surface area contributed by atoms with Gasteiger partial charge in [0.25, 0.3) is 0 Å². The second-order valence-corrected chi connectivity index (χ2v) is 6.53. The number of fused-ring (bicyclic) bond motifs is 1. The van der Waals surface area contributed by atoms with Gasteiger partial charge in [0.05, 0.1) is 29.7 Å². The fraction of sp³-hybridized carbons (Fsp3) is 0.143. The van der Waals surface area contributed by atoms with Crippen LogP contribution < -0.4 is 4.74 Å². The SMILES string of the molecule is O=C(O)COCCOc1ccc2nc(-c3cn(-c4ccc(O)c(F)c4)nn3)ccc2c1. The average molecular weight is 424 g/mol. The number of ether oxygens (including phenoxy) is 2. The summed E-state index contributed by atoms with van der Waals surface area (Å²) in [6.45, 7) is 0.0352. The van der Waals surface area contributed by atoms with Crippen LogP contribution in [0.1, 0.15) is 0 Å². The maximum atomic E-state index is 13.6. The van der Waals surface area contributed by atoms with Gasteiger partial charge in [-0.2, -0.15) is 0 Å². The van der Waals surface area contributed by atoms with Gasteiger partial charge in [-0.25, -0.2) is 18.9 Å². The van der Waals surface area contributed by atoms with Gasteiger partial charge in [0.2, 0.25) is 0 Å². The van der Waals surface area contributed by atoms with Crippen molar-refractivity contribution in [3.05, 3.63) is 60.5 Å². The van der Waals surface area contributed by atoms with Gasteiger partial charge < -0.3 is 19.7 Å². The minimum atomic E-state index is -1.03. The number of aliphatic carboxylic acids is 1. The molecule has 158 valence electrons. The predicted octanol–water partition coefficient (Wildman–Crippen LogP) is 2.81. The number of nitrogens with zero attached hydrogens (tertiary/aromatic N) is 4. The number of carboxylic acids is 1. The van der Waals surface area contributed by atoms with E-state index < -0.39 is 17.5 Å². The lowest BCUT2D eigenvalue weighted by Crippen LogP contribution is -2.12. The summed E-state index contributed by atoms with van der Waals surface area (Å²) >= 11 is 0. The first-order valence-corrected chi connectivity index (χ1v) is 9.24. The Hall–Kier alpha value is -4.05. The molecule has 0 atom stereocenters. The molecule has 0 fully saturated rings. The lowest BCUT2D eigenvalue weighted by molar-refractivity contribution is -0.142. The van der Waals surface area contributed by atoms with Crippen molar-refractivity contribution in [2.45, 2.75) is 0 Å². The average Bonchev–Trinajstić information content (AvgIpc) is 3.25. The second kappa shape index (κ2) is 8.76. The summed E-state index contributed by atoms with van der Waals surface area (Å²) in [5, 5.41) is 26.8. The molecule has 0 aliphatic carbocycles. The highest BCUT2D eigenvalue weighted by Gasteiger charge is 2.10. The summed E-state index contributed by atoms with van der Waals surface area (Å²) in [5.74, 6) is -1.59. The third kappa shape index (κ3) is 4.75. The smallest absolute Gasteiger partial charge is 0.329 e. The molecule has 2 aromatic carbocycles. The third-order valence-electron chi connectivity index (χ3n) is 4.33. The van der Waals surface area contributed by atoms with Crippen LogP contribution in [-0.4, -0.2) is 56.0 Å². The van der Waals surface area contributed by atoms with E-state index in [0.717, 1.165) is 17.0 Å². The molecular formula is C21H17FN4O5. The van der Waals surface area contributed by atoms with E-state index in [1.807, 2.05) is 12.1 Å². The Morgan fingerprint density at radius 3 is 2.74 bits per heavy atom. The zero-order chi connectivity index (χ0) is 21.8. The van der Waals surface area contributed by atoms with Gasteiger partial charge in [-0.1, -0.05) is 11.3 Å². The van der Waals surface area contributed by atoms with E-state index in [0.29, 0.717) is 22.8 Å². The molecular weight excluding hydrogens is 407 g/mol. The number of aromatic hydroxyl groups is 1. The third-order valence-corrected chi connectivity index (χ3v) is 4.33. The zero-order valence-electron chi connectivity index (χ0n) is 16.1. The first-order valence-electron chi connectivity index (χ1n) is 9.24. The summed E-state index contributed by atoms with van der Waals surface area (Å²) in [5.41, 5.74) is 2.24. The van der Waals surface area contributed by atoms with E-state index in [2.05, 4.69) is 15.3 Å². The molecule has 31 heavy (non-hydrogen) atoms. The van der Waals surface area contributed by atoms with Crippen molar-refractivity contribution < 1.29 is 28.9 Å². The number of phenolic OH excluding ortho intramolecular Hbond substituents is 1. The largest absolute Gasteiger partial charge is 0.505 e. The first kappa shape index (κ1) is 20.2. The molecule has 2 heterocycles. The molecule has 2 N–H and O–H groups in total. The number of aromatic nitrogens is 4. The Morgan fingerprint density at radius 1 is 1.06 bits per heavy atom. The zero-order valence-corrected chi connectivity index (χ0v) is 16.1. The van der Waals surface area contributed by atoms with Crippen molar-refractivity contribution in [1.29, 1.82) is 0 Å². The maximum Gasteiger partial charge on any atom is 0.329 e. The Labute approximate surface area is 175 Å². The van der Waals surface area contributed by atoms with Gasteiger partial charge in [0, 0.05) is 11.5 Å². The molecule has 0 spiro atoms. The fourth-order valence-corrected chi connectivity index (χ4v) is 2.86. The maximum absolute atomic E-state index is 13.6. The molecule has 0 aliphatic heterocycles. The van der Waals surface area contributed by atoms with Gasteiger partial charge in [-0.05, 0) is 36.4 Å². The monoisotopic (exact) mass is 424 g/mol. The Kier molecular flexibility index (Phi) is 5.72. The molecule has 4 aromatic rings. The van der Waals surface area contributed by atoms with E-state index in [1.54, 1.807) is 24.4 Å². The highest BCUT2D eigenvalue weighted by molar-refractivity contribution is 5.82. The fourth-order valence-electron chi connectivity index (χ4n) is 2.86. The number of phenols is 1. The molecule has 0 aliphatic rings. The number of carboxylic acid groups (broad SMARTS) is 1. The standard InChI is InChI=1S/C21H17FN4O5/c22-16-10-14(2-6-20(16)27)26-11-19(24-25-26)18-4-1-13-9-15(3-5-17(13)23-18)31-8-7-30-12-21(28)29/h1-6,9-11,27H,7-8,12H2,(H,28,29). The second-order valence-electron chi connectivity index (χ2n) is 6.53. The highest BCUT2D eigenvalue weighted by atomic mass is 19.1. The van der Waals surface area contributed by atoms with Crippen LogP contribution in [0, 0.1) is 5.82 Å². The van der Waals surface area contributed by atoms with E-state index >= 15 is 0 Å². The van der Waals surface area contributed by atoms with Crippen LogP contribution in [-0.2, 0) is 9.53 Å². The number of halogens is 1. The summed E-state index contributed by atoms with van der Waals surface area (Å²) in [6.07, 6.45) is 1.62. The van der Waals surface area contributed by atoms with Gasteiger partial charge in [0.1, 0.15) is 24.7 Å². The van der Waals surface area contributed by atoms with Gasteiger partial charge in [0.15, 0.2) is 11.6 Å². The Bertz CT molecular complexity index is 1240. The summed E-state index contributed by atoms with van der Waals surface area (Å²) in [4.78, 5) is 15.0. The number of carbonyl (C=O) groups is 1. The van der Waals surface area contributed by atoms with E-state index in [1.165, 1.54) is 16.8 Å². The van der Waals surface area contributed by atoms with Crippen molar-refractivity contribution in [2.24, 2.45) is 0 Å². The predicted molar refractivity (Wildman–Crippen MR) is 108 cm³/mol. The number of pyridine rings is 1. The number of rotatable bonds is 8. The van der Waals surface area contributed by atoms with Crippen LogP contribution in [0.2, 0.25) is 0 Å². The lowest BCUT2D eigenvalue weighted by atomic mass is 10.2. The summed E-state index contributed by atoms with van der Waals surface area (Å²) < 4.78 is 25.5. The number of hydrogen-bond donors (Lipinski definition) is 2. The quantitative estimate of drug-likeness (QED) is 0.415. The van der Waals surface area contributed by atoms with Crippen molar-refractivity contribution in [3.63, 3.8) is 0 Å². The first-order chi connectivity index (χ1) is 15.0. The molecule has 0 amide bonds. The molecule has 0 radical (unpaired) electrons. The van der Waals surface area contributed by atoms with Crippen LogP contribution in [0.3, 0.4) is 0 Å². The minimum Gasteiger partial charge on any atom is -0.505 e. The van der Waals surface area contributed by atoms with Crippen LogP contribution in [0.4, 0.5) is 4.39 Å². The molecule has 2 aromatic heterocycles. The van der Waals surface area contributed by atoms with Crippen molar-refractivity contribution in [2.75, 3.05) is 19.8 Å². The van der Waals surface area contributed by atoms with Crippen LogP contribution in [0.5, 0.6) is 11.5 Å². The minimum absolute atomic E-state index is 0.169. The molecule has 0 saturated heterocycles. The molecule has 0 saturated carbocycles. The van der Waals surface area contributed by atoms with Crippen LogP contribution >= 0.6 is 0 Å². The van der Waals surface area contributed by atoms with Crippen LogP contribution in [0.25, 0.3) is 28.0 Å². The molecule has 4 rings (SSSR count). The van der Waals surface area contributed by atoms with Crippen LogP contribution in [0.15, 0.2) is 54.7 Å². The number of benzene rings is 2. The molecule has 0 bridgehead atoms. The van der Waals surface area contributed by atoms with Gasteiger partial charge in [-0.15, -0.1) is 5.10 Å². The topological polar surface area (TPSA) is 120 Å². The van der Waals surface area contributed by atoms with Gasteiger partial charge >= 0.3 is 5.97 Å². The van der Waals surface area contributed by atoms with E-state index in [-0.39, 0.29) is 19.8 Å². The summed E-state index contributed by atoms with van der Waals surface area (Å²) in [6, 6.07) is 13.0. The van der Waals surface area contributed by atoms with Crippen molar-refractivity contribution >= 4 is 16.9 Å². The van der Waals surface area contributed by atoms with E-state index in [4.69, 9.17) is 14.6 Å². The molecule has 0 unspecified atom stereocenters. The number of hydrogen-bond acceptors (Lipinski definition) is 7. The lowest BCUT2D eigenvalue weighted by Gasteiger charge is -2.07. The Balaban J connectivity index is 1.47. The molecule has 9 nitrogen and oxygen atoms in total. The Morgan fingerprint density at radius 2 is 1.94 bits per heavy atom. The van der Waals surface area contributed by atoms with E-state index in [9.17, 15) is 14.3 Å². The van der Waals surface area contributed by atoms with Crippen molar-refractivity contribution in [1.82, 2.24) is 20.0 Å². The summed E-state index contributed by atoms with van der Waals surface area (Å²) in [7, 11) is 0. The molecule has 10 heteroatoms. The highest BCUT2D eigenvalue weighted by Crippen LogP contribution is 2.24. The normalized spacial score (nSPS) is 11.0. The van der Waals surface area contributed by atoms with Crippen molar-refractivity contribution in [3.8, 4) is 28.6 Å².